The summed E-state index contributed by atoms with van der Waals surface area (Å²) < 4.78 is 0.756. The van der Waals surface area contributed by atoms with E-state index in [0.717, 1.165) is 15.0 Å². The number of aromatic nitrogens is 2. The average molecular weight is 329 g/mol. The number of hydrogen-bond acceptors (Lipinski definition) is 6. The van der Waals surface area contributed by atoms with Gasteiger partial charge in [-0.2, -0.15) is 0 Å². The third-order valence-electron chi connectivity index (χ3n) is 2.40. The monoisotopic (exact) mass is 328 g/mol. The van der Waals surface area contributed by atoms with Crippen molar-refractivity contribution in [3.05, 3.63) is 28.8 Å². The first-order chi connectivity index (χ1) is 9.58. The second-order valence-corrected chi connectivity index (χ2v) is 6.53. The minimum absolute atomic E-state index is 0.101. The maximum Gasteiger partial charge on any atom is 0.234 e. The molecule has 0 fully saturated rings. The number of amides is 1. The molecule has 1 heterocycles. The Labute approximate surface area is 130 Å². The molecule has 20 heavy (non-hydrogen) atoms. The highest BCUT2D eigenvalue weighted by atomic mass is 35.5. The normalized spacial score (nSPS) is 10.3. The Morgan fingerprint density at radius 2 is 2.25 bits per heavy atom. The number of halogens is 1. The quantitative estimate of drug-likeness (QED) is 0.824. The molecule has 8 heteroatoms. The lowest BCUT2D eigenvalue weighted by Gasteiger charge is -2.05. The highest BCUT2D eigenvalue weighted by molar-refractivity contribution is 8.01. The fourth-order valence-electron chi connectivity index (χ4n) is 1.36. The van der Waals surface area contributed by atoms with E-state index < -0.39 is 0 Å². The Balaban J connectivity index is 1.87. The number of anilines is 2. The van der Waals surface area contributed by atoms with Gasteiger partial charge in [0.1, 0.15) is 0 Å². The molecule has 0 radical (unpaired) electrons. The molecule has 1 amide bonds. The van der Waals surface area contributed by atoms with E-state index in [4.69, 9.17) is 11.6 Å². The molecule has 0 spiro atoms. The first-order valence-electron chi connectivity index (χ1n) is 5.78. The van der Waals surface area contributed by atoms with Crippen molar-refractivity contribution in [3.8, 4) is 0 Å². The molecule has 1 aromatic heterocycles. The summed E-state index contributed by atoms with van der Waals surface area (Å²) >= 11 is 8.77. The van der Waals surface area contributed by atoms with Crippen molar-refractivity contribution >= 4 is 51.4 Å². The second-order valence-electron chi connectivity index (χ2n) is 3.92. The third kappa shape index (κ3) is 4.09. The zero-order valence-electron chi connectivity index (χ0n) is 10.9. The molecule has 2 rings (SSSR count). The number of aryl methyl sites for hydroxylation is 1. The maximum atomic E-state index is 11.8. The summed E-state index contributed by atoms with van der Waals surface area (Å²) in [7, 11) is 1.78. The van der Waals surface area contributed by atoms with Crippen LogP contribution < -0.4 is 10.6 Å². The number of carbonyl (C=O) groups is 1. The van der Waals surface area contributed by atoms with Crippen LogP contribution in [0.5, 0.6) is 0 Å². The van der Waals surface area contributed by atoms with Gasteiger partial charge >= 0.3 is 0 Å². The first kappa shape index (κ1) is 15.1. The van der Waals surface area contributed by atoms with Crippen LogP contribution in [0, 0.1) is 6.92 Å². The summed E-state index contributed by atoms with van der Waals surface area (Å²) in [5, 5.41) is 14.9. The molecular weight excluding hydrogens is 316 g/mol. The Bertz CT molecular complexity index is 617. The van der Waals surface area contributed by atoms with E-state index in [1.165, 1.54) is 23.1 Å². The lowest BCUT2D eigenvalue weighted by atomic mass is 10.2. The van der Waals surface area contributed by atoms with Gasteiger partial charge in [-0.15, -0.1) is 10.2 Å². The van der Waals surface area contributed by atoms with Gasteiger partial charge in [0.25, 0.3) is 0 Å². The lowest BCUT2D eigenvalue weighted by Crippen LogP contribution is -2.13. The lowest BCUT2D eigenvalue weighted by molar-refractivity contribution is -0.113. The van der Waals surface area contributed by atoms with E-state index in [2.05, 4.69) is 20.8 Å². The van der Waals surface area contributed by atoms with Crippen molar-refractivity contribution in [2.75, 3.05) is 23.4 Å². The number of hydrogen-bond donors (Lipinski definition) is 2. The number of nitrogens with zero attached hydrogens (tertiary/aromatic N) is 2. The van der Waals surface area contributed by atoms with Gasteiger partial charge < -0.3 is 10.6 Å². The smallest absolute Gasteiger partial charge is 0.234 e. The fourth-order valence-corrected chi connectivity index (χ4v) is 3.05. The Morgan fingerprint density at radius 3 is 2.90 bits per heavy atom. The molecule has 0 saturated carbocycles. The molecule has 0 aliphatic carbocycles. The van der Waals surface area contributed by atoms with E-state index in [-0.39, 0.29) is 11.7 Å². The molecule has 0 saturated heterocycles. The minimum Gasteiger partial charge on any atom is -0.363 e. The molecule has 106 valence electrons. The number of rotatable bonds is 5. The third-order valence-corrected chi connectivity index (χ3v) is 4.88. The van der Waals surface area contributed by atoms with Gasteiger partial charge in [-0.1, -0.05) is 40.8 Å². The summed E-state index contributed by atoms with van der Waals surface area (Å²) in [6.45, 7) is 1.92. The zero-order chi connectivity index (χ0) is 14.5. The van der Waals surface area contributed by atoms with Crippen LogP contribution in [0.1, 0.15) is 5.56 Å². The van der Waals surface area contributed by atoms with Gasteiger partial charge in [0.05, 0.1) is 5.75 Å². The fraction of sp³-hybridized carbons (Fsp3) is 0.250. The van der Waals surface area contributed by atoms with Crippen molar-refractivity contribution in [3.63, 3.8) is 0 Å². The predicted molar refractivity (Wildman–Crippen MR) is 85.0 cm³/mol. The topological polar surface area (TPSA) is 66.9 Å². The molecule has 2 N–H and O–H groups in total. The molecular formula is C12H13ClN4OS2. The number of carbonyl (C=O) groups excluding carboxylic acids is 1. The molecule has 0 bridgehead atoms. The largest absolute Gasteiger partial charge is 0.363 e. The van der Waals surface area contributed by atoms with Gasteiger partial charge in [0.2, 0.25) is 11.0 Å². The standard InChI is InChI=1S/C12H13ClN4OS2/c1-7-3-4-8(5-9(7)13)15-10(18)6-19-12-17-16-11(14-2)20-12/h3-5H,6H2,1-2H3,(H,14,16)(H,15,18). The SMILES string of the molecule is CNc1nnc(SCC(=O)Nc2ccc(C)c(Cl)c2)s1. The van der Waals surface area contributed by atoms with Crippen molar-refractivity contribution in [2.24, 2.45) is 0 Å². The van der Waals surface area contributed by atoms with Crippen LogP contribution in [-0.4, -0.2) is 28.9 Å². The van der Waals surface area contributed by atoms with Crippen LogP contribution in [0.2, 0.25) is 5.02 Å². The Morgan fingerprint density at radius 1 is 1.45 bits per heavy atom. The van der Waals surface area contributed by atoms with E-state index in [1.807, 2.05) is 19.1 Å². The Kier molecular flexibility index (Phi) is 5.22. The first-order valence-corrected chi connectivity index (χ1v) is 7.96. The van der Waals surface area contributed by atoms with Gasteiger partial charge in [0.15, 0.2) is 4.34 Å². The summed E-state index contributed by atoms with van der Waals surface area (Å²) in [5.41, 5.74) is 1.67. The molecule has 1 aromatic carbocycles. The average Bonchev–Trinajstić information content (AvgIpc) is 2.89. The van der Waals surface area contributed by atoms with Crippen LogP contribution in [0.4, 0.5) is 10.8 Å². The van der Waals surface area contributed by atoms with Gasteiger partial charge in [-0.25, -0.2) is 0 Å². The van der Waals surface area contributed by atoms with Gasteiger partial charge in [-0.3, -0.25) is 4.79 Å². The van der Waals surface area contributed by atoms with Crippen molar-refractivity contribution in [2.45, 2.75) is 11.3 Å². The van der Waals surface area contributed by atoms with Crippen LogP contribution in [0.3, 0.4) is 0 Å². The van der Waals surface area contributed by atoms with Crippen molar-refractivity contribution in [1.29, 1.82) is 0 Å². The highest BCUT2D eigenvalue weighted by Crippen LogP contribution is 2.25. The maximum absolute atomic E-state index is 11.8. The molecule has 0 unspecified atom stereocenters. The van der Waals surface area contributed by atoms with Crippen LogP contribution in [-0.2, 0) is 4.79 Å². The summed E-state index contributed by atoms with van der Waals surface area (Å²) in [5.74, 6) is 0.181. The van der Waals surface area contributed by atoms with E-state index in [0.29, 0.717) is 10.7 Å². The van der Waals surface area contributed by atoms with Crippen LogP contribution >= 0.6 is 34.7 Å². The predicted octanol–water partition coefficient (Wildman–Crippen LogP) is 3.27. The van der Waals surface area contributed by atoms with Crippen molar-refractivity contribution in [1.82, 2.24) is 10.2 Å². The van der Waals surface area contributed by atoms with Crippen LogP contribution in [0.25, 0.3) is 0 Å². The number of benzene rings is 1. The summed E-state index contributed by atoms with van der Waals surface area (Å²) in [6.07, 6.45) is 0. The number of thioether (sulfide) groups is 1. The molecule has 2 aromatic rings. The van der Waals surface area contributed by atoms with E-state index in [1.54, 1.807) is 13.1 Å². The summed E-state index contributed by atoms with van der Waals surface area (Å²) in [4.78, 5) is 11.8. The van der Waals surface area contributed by atoms with Gasteiger partial charge in [0, 0.05) is 17.8 Å². The van der Waals surface area contributed by atoms with E-state index >= 15 is 0 Å². The zero-order valence-corrected chi connectivity index (χ0v) is 13.3. The molecule has 0 aliphatic heterocycles. The molecule has 0 aliphatic rings. The van der Waals surface area contributed by atoms with Gasteiger partial charge in [-0.05, 0) is 24.6 Å². The van der Waals surface area contributed by atoms with Crippen molar-refractivity contribution < 1.29 is 4.79 Å². The minimum atomic E-state index is -0.101. The summed E-state index contributed by atoms with van der Waals surface area (Å²) in [6, 6.07) is 5.44. The highest BCUT2D eigenvalue weighted by Gasteiger charge is 2.08. The molecule has 0 atom stereocenters. The second kappa shape index (κ2) is 6.92. The van der Waals surface area contributed by atoms with Crippen LogP contribution in [0.15, 0.2) is 22.5 Å². The Hall–Kier alpha value is -1.31. The van der Waals surface area contributed by atoms with E-state index in [9.17, 15) is 4.79 Å². The molecule has 5 nitrogen and oxygen atoms in total. The number of nitrogens with one attached hydrogen (secondary N) is 2.